The van der Waals surface area contributed by atoms with Gasteiger partial charge in [0, 0.05) is 25.8 Å². The first kappa shape index (κ1) is 17.3. The third-order valence-corrected chi connectivity index (χ3v) is 4.14. The van der Waals surface area contributed by atoms with Crippen molar-refractivity contribution in [3.63, 3.8) is 0 Å². The maximum absolute atomic E-state index is 11.9. The Morgan fingerprint density at radius 1 is 1.48 bits per heavy atom. The molecule has 1 aromatic heterocycles. The van der Waals surface area contributed by atoms with Crippen LogP contribution in [0.5, 0.6) is 0 Å². The largest absolute Gasteiger partial charge is 0.370 e. The molecule has 0 atom stereocenters. The van der Waals surface area contributed by atoms with Crippen LogP contribution >= 0.6 is 0 Å². The molecule has 1 aliphatic rings. The molecule has 0 spiro atoms. The minimum Gasteiger partial charge on any atom is -0.370 e. The highest BCUT2D eigenvalue weighted by molar-refractivity contribution is 5.74. The molecule has 0 amide bonds. The Morgan fingerprint density at radius 2 is 2.22 bits per heavy atom. The van der Waals surface area contributed by atoms with E-state index >= 15 is 0 Å². The van der Waals surface area contributed by atoms with Crippen LogP contribution in [0.1, 0.15) is 25.1 Å². The molecule has 6 N–H and O–H groups in total. The molecule has 0 aliphatic carbocycles. The number of nitrogens with two attached hydrogens (primary N) is 1. The molecular weight excluding hydrogens is 294 g/mol. The first-order valence-corrected chi connectivity index (χ1v) is 8.16. The maximum atomic E-state index is 11.9. The molecule has 1 aromatic rings. The summed E-state index contributed by atoms with van der Waals surface area (Å²) in [5.74, 6) is 1.32. The van der Waals surface area contributed by atoms with Crippen LogP contribution in [-0.2, 0) is 0 Å². The van der Waals surface area contributed by atoms with E-state index in [-0.39, 0.29) is 11.5 Å². The van der Waals surface area contributed by atoms with Crippen LogP contribution in [0.25, 0.3) is 0 Å². The van der Waals surface area contributed by atoms with Crippen LogP contribution in [0.2, 0.25) is 0 Å². The first-order valence-electron chi connectivity index (χ1n) is 8.16. The van der Waals surface area contributed by atoms with Crippen molar-refractivity contribution in [3.05, 3.63) is 22.4 Å². The summed E-state index contributed by atoms with van der Waals surface area (Å²) < 4.78 is 0. The summed E-state index contributed by atoms with van der Waals surface area (Å²) in [6.07, 6.45) is 4.87. The van der Waals surface area contributed by atoms with Crippen molar-refractivity contribution in [2.24, 2.45) is 11.7 Å². The lowest BCUT2D eigenvalue weighted by Crippen LogP contribution is -2.40. The number of piperidine rings is 1. The molecule has 0 saturated carbocycles. The second-order valence-corrected chi connectivity index (χ2v) is 6.00. The van der Waals surface area contributed by atoms with E-state index in [1.54, 1.807) is 13.1 Å². The van der Waals surface area contributed by atoms with Crippen molar-refractivity contribution in [3.8, 4) is 0 Å². The zero-order valence-corrected chi connectivity index (χ0v) is 13.7. The Morgan fingerprint density at radius 3 is 2.87 bits per heavy atom. The monoisotopic (exact) mass is 321 g/mol. The van der Waals surface area contributed by atoms with Crippen LogP contribution in [0, 0.1) is 18.3 Å². The van der Waals surface area contributed by atoms with Crippen LogP contribution in [-0.4, -0.2) is 48.7 Å². The smallest absolute Gasteiger partial charge is 0.296 e. The fourth-order valence-corrected chi connectivity index (χ4v) is 2.82. The van der Waals surface area contributed by atoms with Crippen LogP contribution in [0.3, 0.4) is 0 Å². The predicted molar refractivity (Wildman–Crippen MR) is 91.9 cm³/mol. The van der Waals surface area contributed by atoms with Gasteiger partial charge in [-0.1, -0.05) is 0 Å². The number of hydrogen-bond donors (Lipinski definition) is 5. The molecule has 1 saturated heterocycles. The number of nitrogens with one attached hydrogen (secondary N) is 4. The Labute approximate surface area is 136 Å². The highest BCUT2D eigenvalue weighted by atomic mass is 16.1. The second-order valence-electron chi connectivity index (χ2n) is 6.00. The highest BCUT2D eigenvalue weighted by Crippen LogP contribution is 2.19. The lowest BCUT2D eigenvalue weighted by Gasteiger charge is -2.33. The van der Waals surface area contributed by atoms with Crippen molar-refractivity contribution in [1.82, 2.24) is 20.6 Å². The zero-order chi connectivity index (χ0) is 16.7. The number of aromatic nitrogens is 2. The van der Waals surface area contributed by atoms with Gasteiger partial charge in [0.05, 0.1) is 0 Å². The quantitative estimate of drug-likeness (QED) is 0.268. The van der Waals surface area contributed by atoms with Crippen molar-refractivity contribution < 1.29 is 0 Å². The van der Waals surface area contributed by atoms with E-state index in [0.29, 0.717) is 17.4 Å². The minimum absolute atomic E-state index is 0.0259. The standard InChI is InChI=1S/C15H27N7O/c1-11-20-10-13(14(23)21-11)22-7-3-12(4-8-22)9-18-5-2-6-19-15(16)17/h10,12,18H,2-9H2,1H3,(H4,16,17,19)(H,20,21,23). The van der Waals surface area contributed by atoms with Gasteiger partial charge in [-0.3, -0.25) is 10.2 Å². The Bertz CT molecular complexity index is 563. The molecule has 0 bridgehead atoms. The van der Waals surface area contributed by atoms with Crippen molar-refractivity contribution in [1.29, 1.82) is 5.41 Å². The zero-order valence-electron chi connectivity index (χ0n) is 13.7. The van der Waals surface area contributed by atoms with Gasteiger partial charge in [0.1, 0.15) is 11.5 Å². The Balaban J connectivity index is 1.66. The Kier molecular flexibility index (Phi) is 6.40. The molecule has 1 aliphatic heterocycles. The fraction of sp³-hybridized carbons (Fsp3) is 0.667. The number of rotatable bonds is 7. The third-order valence-electron chi connectivity index (χ3n) is 4.14. The molecule has 2 rings (SSSR count). The molecule has 8 heteroatoms. The lowest BCUT2D eigenvalue weighted by atomic mass is 9.96. The summed E-state index contributed by atoms with van der Waals surface area (Å²) in [6.45, 7) is 6.22. The van der Waals surface area contributed by atoms with E-state index in [1.165, 1.54) is 0 Å². The summed E-state index contributed by atoms with van der Waals surface area (Å²) in [5.41, 5.74) is 5.76. The summed E-state index contributed by atoms with van der Waals surface area (Å²) >= 11 is 0. The summed E-state index contributed by atoms with van der Waals surface area (Å²) in [5, 5.41) is 13.3. The van der Waals surface area contributed by atoms with Gasteiger partial charge in [0.2, 0.25) is 0 Å². The number of H-pyrrole nitrogens is 1. The van der Waals surface area contributed by atoms with E-state index in [1.807, 2.05) is 0 Å². The minimum atomic E-state index is -0.143. The predicted octanol–water partition coefficient (Wildman–Crippen LogP) is -0.243. The van der Waals surface area contributed by atoms with Crippen LogP contribution < -0.4 is 26.8 Å². The van der Waals surface area contributed by atoms with E-state index in [2.05, 4.69) is 25.5 Å². The normalized spacial score (nSPS) is 15.6. The molecular formula is C15H27N7O. The SMILES string of the molecule is Cc1nc(=O)c(N2CCC(CNCCCNC(=N)N)CC2)c[nH]1. The molecule has 0 unspecified atom stereocenters. The average molecular weight is 321 g/mol. The molecule has 1 fully saturated rings. The Hall–Kier alpha value is -2.09. The topological polar surface area (TPSA) is 123 Å². The molecule has 2 heterocycles. The molecule has 0 radical (unpaired) electrons. The van der Waals surface area contributed by atoms with Gasteiger partial charge in [0.15, 0.2) is 5.96 Å². The van der Waals surface area contributed by atoms with Crippen molar-refractivity contribution in [2.75, 3.05) is 37.6 Å². The van der Waals surface area contributed by atoms with Crippen LogP contribution in [0.4, 0.5) is 5.69 Å². The number of nitrogens with zero attached hydrogens (tertiary/aromatic N) is 2. The van der Waals surface area contributed by atoms with Gasteiger partial charge >= 0.3 is 0 Å². The van der Waals surface area contributed by atoms with Crippen molar-refractivity contribution >= 4 is 11.6 Å². The van der Waals surface area contributed by atoms with E-state index in [4.69, 9.17) is 11.1 Å². The average Bonchev–Trinajstić information content (AvgIpc) is 2.51. The van der Waals surface area contributed by atoms with E-state index < -0.39 is 0 Å². The molecule has 0 aromatic carbocycles. The maximum Gasteiger partial charge on any atom is 0.296 e. The van der Waals surface area contributed by atoms with Gasteiger partial charge in [-0.15, -0.1) is 0 Å². The van der Waals surface area contributed by atoms with Gasteiger partial charge < -0.3 is 26.3 Å². The van der Waals surface area contributed by atoms with Gasteiger partial charge in [-0.05, 0) is 45.2 Å². The number of aryl methyl sites for hydroxylation is 1. The highest BCUT2D eigenvalue weighted by Gasteiger charge is 2.21. The third kappa shape index (κ3) is 5.55. The summed E-state index contributed by atoms with van der Waals surface area (Å²) in [6, 6.07) is 0. The number of hydrogen-bond acceptors (Lipinski definition) is 5. The van der Waals surface area contributed by atoms with Crippen LogP contribution in [0.15, 0.2) is 11.0 Å². The molecule has 23 heavy (non-hydrogen) atoms. The van der Waals surface area contributed by atoms with Crippen molar-refractivity contribution in [2.45, 2.75) is 26.2 Å². The van der Waals surface area contributed by atoms with E-state index in [0.717, 1.165) is 52.0 Å². The van der Waals surface area contributed by atoms with E-state index in [9.17, 15) is 4.79 Å². The molecule has 8 nitrogen and oxygen atoms in total. The second kappa shape index (κ2) is 8.52. The number of aromatic amines is 1. The summed E-state index contributed by atoms with van der Waals surface area (Å²) in [7, 11) is 0. The number of anilines is 1. The summed E-state index contributed by atoms with van der Waals surface area (Å²) in [4.78, 5) is 21.0. The fourth-order valence-electron chi connectivity index (χ4n) is 2.82. The van der Waals surface area contributed by atoms with Gasteiger partial charge in [-0.25, -0.2) is 0 Å². The number of guanidine groups is 1. The first-order chi connectivity index (χ1) is 11.1. The van der Waals surface area contributed by atoms with Gasteiger partial charge in [-0.2, -0.15) is 4.98 Å². The van der Waals surface area contributed by atoms with Gasteiger partial charge in [0.25, 0.3) is 5.56 Å². The lowest BCUT2D eigenvalue weighted by molar-refractivity contribution is 0.382. The molecule has 128 valence electrons.